The van der Waals surface area contributed by atoms with Gasteiger partial charge in [0.1, 0.15) is 10.9 Å². The SMILES string of the molecule is Oc1ccc2c(Cl)cnc(Cl)c2c1. The van der Waals surface area contributed by atoms with Crippen molar-refractivity contribution in [1.29, 1.82) is 0 Å². The molecule has 66 valence electrons. The molecular weight excluding hydrogens is 209 g/mol. The van der Waals surface area contributed by atoms with E-state index in [-0.39, 0.29) is 5.75 Å². The molecule has 0 bridgehead atoms. The lowest BCUT2D eigenvalue weighted by Crippen LogP contribution is -1.80. The van der Waals surface area contributed by atoms with Crippen molar-refractivity contribution in [3.8, 4) is 5.75 Å². The third kappa shape index (κ3) is 1.43. The normalized spacial score (nSPS) is 10.6. The van der Waals surface area contributed by atoms with E-state index in [1.807, 2.05) is 0 Å². The van der Waals surface area contributed by atoms with E-state index in [2.05, 4.69) is 4.98 Å². The van der Waals surface area contributed by atoms with Gasteiger partial charge in [-0.2, -0.15) is 0 Å². The van der Waals surface area contributed by atoms with Gasteiger partial charge in [0.05, 0.1) is 5.02 Å². The Bertz CT molecular complexity index is 470. The van der Waals surface area contributed by atoms with Crippen LogP contribution in [0, 0.1) is 0 Å². The molecule has 13 heavy (non-hydrogen) atoms. The molecule has 1 aromatic carbocycles. The van der Waals surface area contributed by atoms with Crippen molar-refractivity contribution in [3.05, 3.63) is 34.6 Å². The summed E-state index contributed by atoms with van der Waals surface area (Å²) in [6.45, 7) is 0. The molecule has 0 aliphatic carbocycles. The summed E-state index contributed by atoms with van der Waals surface area (Å²) in [5, 5.41) is 11.5. The molecule has 0 saturated heterocycles. The third-order valence-electron chi connectivity index (χ3n) is 1.77. The topological polar surface area (TPSA) is 33.1 Å². The van der Waals surface area contributed by atoms with Crippen LogP contribution in [0.3, 0.4) is 0 Å². The summed E-state index contributed by atoms with van der Waals surface area (Å²) in [4.78, 5) is 3.87. The van der Waals surface area contributed by atoms with Crippen LogP contribution in [0.5, 0.6) is 5.75 Å². The minimum absolute atomic E-state index is 0.151. The summed E-state index contributed by atoms with van der Waals surface area (Å²) < 4.78 is 0. The second-order valence-electron chi connectivity index (χ2n) is 2.63. The number of aromatic nitrogens is 1. The Balaban J connectivity index is 2.92. The summed E-state index contributed by atoms with van der Waals surface area (Å²) >= 11 is 11.7. The number of pyridine rings is 1. The molecule has 0 unspecified atom stereocenters. The molecule has 4 heteroatoms. The quantitative estimate of drug-likeness (QED) is 0.682. The highest BCUT2D eigenvalue weighted by molar-refractivity contribution is 6.39. The standard InChI is InChI=1S/C9H5Cl2NO/c10-8-4-12-9(11)7-3-5(13)1-2-6(7)8/h1-4,13H. The van der Waals surface area contributed by atoms with Crippen molar-refractivity contribution in [2.24, 2.45) is 0 Å². The number of halogens is 2. The van der Waals surface area contributed by atoms with E-state index in [1.54, 1.807) is 12.1 Å². The molecule has 1 N–H and O–H groups in total. The molecule has 1 heterocycles. The fourth-order valence-electron chi connectivity index (χ4n) is 1.16. The van der Waals surface area contributed by atoms with Crippen LogP contribution in [0.25, 0.3) is 10.8 Å². The van der Waals surface area contributed by atoms with E-state index in [4.69, 9.17) is 23.2 Å². The van der Waals surface area contributed by atoms with Crippen molar-refractivity contribution >= 4 is 34.0 Å². The Morgan fingerprint density at radius 2 is 1.92 bits per heavy atom. The van der Waals surface area contributed by atoms with E-state index >= 15 is 0 Å². The molecule has 0 radical (unpaired) electrons. The first-order valence-electron chi connectivity index (χ1n) is 3.61. The van der Waals surface area contributed by atoms with Gasteiger partial charge in [0, 0.05) is 17.0 Å². The first-order valence-corrected chi connectivity index (χ1v) is 4.37. The van der Waals surface area contributed by atoms with E-state index in [9.17, 15) is 5.11 Å². The van der Waals surface area contributed by atoms with Crippen LogP contribution in [-0.2, 0) is 0 Å². The predicted molar refractivity (Wildman–Crippen MR) is 53.4 cm³/mol. The minimum atomic E-state index is 0.151. The van der Waals surface area contributed by atoms with Crippen LogP contribution in [0.4, 0.5) is 0 Å². The van der Waals surface area contributed by atoms with Gasteiger partial charge in [-0.1, -0.05) is 23.2 Å². The zero-order valence-corrected chi connectivity index (χ0v) is 7.97. The molecule has 2 rings (SSSR count). The number of hydrogen-bond acceptors (Lipinski definition) is 2. The highest BCUT2D eigenvalue weighted by Crippen LogP contribution is 2.29. The molecule has 0 fully saturated rings. The van der Waals surface area contributed by atoms with Gasteiger partial charge < -0.3 is 5.11 Å². The van der Waals surface area contributed by atoms with Gasteiger partial charge >= 0.3 is 0 Å². The van der Waals surface area contributed by atoms with Crippen LogP contribution in [0.2, 0.25) is 10.2 Å². The lowest BCUT2D eigenvalue weighted by atomic mass is 10.2. The number of phenols is 1. The van der Waals surface area contributed by atoms with E-state index in [1.165, 1.54) is 12.3 Å². The summed E-state index contributed by atoms with van der Waals surface area (Å²) in [6.07, 6.45) is 1.49. The van der Waals surface area contributed by atoms with Gasteiger partial charge in [-0.15, -0.1) is 0 Å². The van der Waals surface area contributed by atoms with Gasteiger partial charge in [-0.25, -0.2) is 4.98 Å². The Hall–Kier alpha value is -0.990. The molecule has 2 nitrogen and oxygen atoms in total. The lowest BCUT2D eigenvalue weighted by molar-refractivity contribution is 0.476. The maximum Gasteiger partial charge on any atom is 0.137 e. The first-order chi connectivity index (χ1) is 6.18. The van der Waals surface area contributed by atoms with E-state index < -0.39 is 0 Å². The highest BCUT2D eigenvalue weighted by atomic mass is 35.5. The molecule has 0 atom stereocenters. The highest BCUT2D eigenvalue weighted by Gasteiger charge is 2.04. The van der Waals surface area contributed by atoms with Gasteiger partial charge in [0.25, 0.3) is 0 Å². The third-order valence-corrected chi connectivity index (χ3v) is 2.38. The number of rotatable bonds is 0. The fraction of sp³-hybridized carbons (Fsp3) is 0. The van der Waals surface area contributed by atoms with Crippen molar-refractivity contribution in [3.63, 3.8) is 0 Å². The Labute approximate surface area is 84.7 Å². The molecule has 0 aliphatic rings. The van der Waals surface area contributed by atoms with Crippen LogP contribution in [-0.4, -0.2) is 10.1 Å². The summed E-state index contributed by atoms with van der Waals surface area (Å²) in [7, 11) is 0. The van der Waals surface area contributed by atoms with Crippen molar-refractivity contribution in [1.82, 2.24) is 4.98 Å². The Morgan fingerprint density at radius 1 is 1.15 bits per heavy atom. The Kier molecular flexibility index (Phi) is 2.02. The van der Waals surface area contributed by atoms with E-state index in [0.29, 0.717) is 15.6 Å². The number of fused-ring (bicyclic) bond motifs is 1. The van der Waals surface area contributed by atoms with E-state index in [0.717, 1.165) is 5.39 Å². The first kappa shape index (κ1) is 8.60. The second-order valence-corrected chi connectivity index (χ2v) is 3.39. The van der Waals surface area contributed by atoms with Crippen molar-refractivity contribution < 1.29 is 5.11 Å². The summed E-state index contributed by atoms with van der Waals surface area (Å²) in [6, 6.07) is 4.81. The Morgan fingerprint density at radius 3 is 2.69 bits per heavy atom. The average Bonchev–Trinajstić information content (AvgIpc) is 2.12. The largest absolute Gasteiger partial charge is 0.508 e. The zero-order chi connectivity index (χ0) is 9.42. The number of benzene rings is 1. The molecule has 0 aliphatic heterocycles. The molecular formula is C9H5Cl2NO. The van der Waals surface area contributed by atoms with Crippen LogP contribution in [0.1, 0.15) is 0 Å². The molecule has 0 spiro atoms. The monoisotopic (exact) mass is 213 g/mol. The van der Waals surface area contributed by atoms with Gasteiger partial charge in [0.15, 0.2) is 0 Å². The van der Waals surface area contributed by atoms with Gasteiger partial charge in [0.2, 0.25) is 0 Å². The molecule has 1 aromatic heterocycles. The van der Waals surface area contributed by atoms with Crippen LogP contribution < -0.4 is 0 Å². The van der Waals surface area contributed by atoms with Crippen molar-refractivity contribution in [2.45, 2.75) is 0 Å². The lowest BCUT2D eigenvalue weighted by Gasteiger charge is -2.01. The molecule has 0 amide bonds. The second kappa shape index (κ2) is 3.05. The smallest absolute Gasteiger partial charge is 0.137 e. The number of nitrogens with zero attached hydrogens (tertiary/aromatic N) is 1. The summed E-state index contributed by atoms with van der Waals surface area (Å²) in [5.74, 6) is 0.151. The van der Waals surface area contributed by atoms with Gasteiger partial charge in [-0.3, -0.25) is 0 Å². The van der Waals surface area contributed by atoms with Gasteiger partial charge in [-0.05, 0) is 18.2 Å². The maximum absolute atomic E-state index is 9.22. The fourth-order valence-corrected chi connectivity index (χ4v) is 1.58. The molecule has 0 saturated carbocycles. The van der Waals surface area contributed by atoms with Crippen LogP contribution in [0.15, 0.2) is 24.4 Å². The zero-order valence-electron chi connectivity index (χ0n) is 6.46. The van der Waals surface area contributed by atoms with Crippen LogP contribution >= 0.6 is 23.2 Å². The number of aromatic hydroxyl groups is 1. The average molecular weight is 214 g/mol. The molecule has 2 aromatic rings. The predicted octanol–water partition coefficient (Wildman–Crippen LogP) is 3.25. The van der Waals surface area contributed by atoms with Crippen molar-refractivity contribution in [2.75, 3.05) is 0 Å². The number of hydrogen-bond donors (Lipinski definition) is 1. The maximum atomic E-state index is 9.22. The minimum Gasteiger partial charge on any atom is -0.508 e. The number of phenolic OH excluding ortho intramolecular Hbond substituents is 1. The summed E-state index contributed by atoms with van der Waals surface area (Å²) in [5.41, 5.74) is 0.